The second-order valence-electron chi connectivity index (χ2n) is 10.9. The third-order valence-corrected chi connectivity index (χ3v) is 7.09. The van der Waals surface area contributed by atoms with Crippen LogP contribution in [0.2, 0.25) is 0 Å². The Morgan fingerprint density at radius 3 is 1.82 bits per heavy atom. The van der Waals surface area contributed by atoms with Crippen LogP contribution in [0.4, 0.5) is 10.5 Å². The second kappa shape index (κ2) is 24.0. The van der Waals surface area contributed by atoms with Gasteiger partial charge in [-0.1, -0.05) is 121 Å². The minimum atomic E-state index is -0.397. The molecule has 0 radical (unpaired) electrons. The molecule has 0 fully saturated rings. The normalized spacial score (nSPS) is 11.1. The van der Waals surface area contributed by atoms with Crippen molar-refractivity contribution in [2.24, 2.45) is 0 Å². The average Bonchev–Trinajstić information content (AvgIpc) is 2.92. The molecule has 0 bridgehead atoms. The highest BCUT2D eigenvalue weighted by Crippen LogP contribution is 2.21. The van der Waals surface area contributed by atoms with Gasteiger partial charge in [-0.2, -0.15) is 0 Å². The van der Waals surface area contributed by atoms with Gasteiger partial charge in [-0.25, -0.2) is 4.79 Å². The van der Waals surface area contributed by atoms with Crippen LogP contribution in [0.3, 0.4) is 0 Å². The number of unbranched alkanes of at least 4 members (excludes halogenated alkanes) is 15. The monoisotopic (exact) mass is 531 g/mol. The lowest BCUT2D eigenvalue weighted by Crippen LogP contribution is -2.28. The van der Waals surface area contributed by atoms with E-state index >= 15 is 0 Å². The third-order valence-electron chi connectivity index (χ3n) is 7.09. The molecule has 2 amide bonds. The van der Waals surface area contributed by atoms with Crippen LogP contribution in [0.1, 0.15) is 122 Å². The van der Waals surface area contributed by atoms with Crippen LogP contribution in [0.5, 0.6) is 0 Å². The molecular formula is C32H57N3O3. The van der Waals surface area contributed by atoms with Crippen LogP contribution in [-0.4, -0.2) is 51.1 Å². The summed E-state index contributed by atoms with van der Waals surface area (Å²) in [5.41, 5.74) is 1.63. The van der Waals surface area contributed by atoms with E-state index in [1.54, 1.807) is 4.90 Å². The van der Waals surface area contributed by atoms with E-state index in [9.17, 15) is 9.59 Å². The molecule has 0 aliphatic rings. The zero-order valence-corrected chi connectivity index (χ0v) is 24.9. The molecule has 1 aromatic carbocycles. The average molecular weight is 532 g/mol. The number of benzene rings is 1. The van der Waals surface area contributed by atoms with Gasteiger partial charge in [0.05, 0.1) is 0 Å². The van der Waals surface area contributed by atoms with E-state index in [0.29, 0.717) is 13.1 Å². The lowest BCUT2D eigenvalue weighted by Gasteiger charge is -2.21. The lowest BCUT2D eigenvalue weighted by molar-refractivity contribution is -0.107. The van der Waals surface area contributed by atoms with Crippen molar-refractivity contribution < 1.29 is 14.3 Å². The van der Waals surface area contributed by atoms with E-state index in [4.69, 9.17) is 4.74 Å². The van der Waals surface area contributed by atoms with Crippen molar-refractivity contribution in [1.82, 2.24) is 10.2 Å². The second-order valence-corrected chi connectivity index (χ2v) is 10.9. The van der Waals surface area contributed by atoms with E-state index in [1.165, 1.54) is 89.9 Å². The molecule has 0 unspecified atom stereocenters. The fourth-order valence-electron chi connectivity index (χ4n) is 4.76. The molecule has 1 N–H and O–H groups in total. The number of amides is 2. The smallest absolute Gasteiger partial charge is 0.407 e. The first-order chi connectivity index (χ1) is 18.6. The predicted octanol–water partition coefficient (Wildman–Crippen LogP) is 8.09. The van der Waals surface area contributed by atoms with Gasteiger partial charge >= 0.3 is 6.09 Å². The molecule has 0 heterocycles. The molecule has 0 spiro atoms. The highest BCUT2D eigenvalue weighted by Gasteiger charge is 2.12. The summed E-state index contributed by atoms with van der Waals surface area (Å²) in [6.07, 6.45) is 22.7. The van der Waals surface area contributed by atoms with Crippen LogP contribution in [0.15, 0.2) is 24.3 Å². The number of hydrogen-bond acceptors (Lipinski definition) is 4. The number of para-hydroxylation sites is 1. The van der Waals surface area contributed by atoms with Gasteiger partial charge in [0.25, 0.3) is 0 Å². The van der Waals surface area contributed by atoms with Crippen molar-refractivity contribution in [3.05, 3.63) is 29.8 Å². The minimum absolute atomic E-state index is 0.152. The van der Waals surface area contributed by atoms with Gasteiger partial charge in [-0.3, -0.25) is 4.79 Å². The Balaban J connectivity index is 2.04. The highest BCUT2D eigenvalue weighted by molar-refractivity contribution is 5.77. The van der Waals surface area contributed by atoms with Crippen molar-refractivity contribution in [1.29, 1.82) is 0 Å². The molecule has 1 aromatic rings. The quantitative estimate of drug-likeness (QED) is 0.102. The number of hydrogen-bond donors (Lipinski definition) is 1. The maximum Gasteiger partial charge on any atom is 0.407 e. The summed E-state index contributed by atoms with van der Waals surface area (Å²) in [4.78, 5) is 27.6. The van der Waals surface area contributed by atoms with E-state index in [1.807, 2.05) is 38.4 Å². The number of rotatable bonds is 25. The first kappa shape index (κ1) is 33.9. The largest absolute Gasteiger partial charge is 0.445 e. The van der Waals surface area contributed by atoms with Crippen molar-refractivity contribution >= 4 is 18.2 Å². The molecule has 0 aliphatic carbocycles. The molecule has 218 valence electrons. The number of anilines is 1. The van der Waals surface area contributed by atoms with Gasteiger partial charge in [0.1, 0.15) is 6.61 Å². The number of alkyl carbamates (subject to hydrolysis) is 1. The fourth-order valence-corrected chi connectivity index (χ4v) is 4.76. The summed E-state index contributed by atoms with van der Waals surface area (Å²) < 4.78 is 5.43. The Morgan fingerprint density at radius 2 is 1.29 bits per heavy atom. The molecule has 1 rings (SSSR count). The van der Waals surface area contributed by atoms with Crippen molar-refractivity contribution in [3.63, 3.8) is 0 Å². The zero-order valence-electron chi connectivity index (χ0n) is 24.9. The van der Waals surface area contributed by atoms with Crippen LogP contribution in [0.25, 0.3) is 0 Å². The highest BCUT2D eigenvalue weighted by atomic mass is 16.5. The maximum absolute atomic E-state index is 12.2. The zero-order chi connectivity index (χ0) is 27.7. The molecule has 0 saturated carbocycles. The molecule has 6 nitrogen and oxygen atoms in total. The Labute approximate surface area is 233 Å². The number of nitrogens with zero attached hydrogens (tertiary/aromatic N) is 2. The van der Waals surface area contributed by atoms with Crippen LogP contribution < -0.4 is 10.2 Å². The van der Waals surface area contributed by atoms with E-state index < -0.39 is 6.09 Å². The maximum atomic E-state index is 12.2. The van der Waals surface area contributed by atoms with Gasteiger partial charge in [0.15, 0.2) is 0 Å². The van der Waals surface area contributed by atoms with Crippen molar-refractivity contribution in [2.45, 2.75) is 123 Å². The third kappa shape index (κ3) is 18.2. The van der Waals surface area contributed by atoms with Crippen LogP contribution in [-0.2, 0) is 16.1 Å². The molecular weight excluding hydrogens is 474 g/mol. The van der Waals surface area contributed by atoms with Crippen LogP contribution >= 0.6 is 0 Å². The van der Waals surface area contributed by atoms with Crippen LogP contribution in [0, 0.1) is 0 Å². The van der Waals surface area contributed by atoms with E-state index in [0.717, 1.165) is 43.5 Å². The fraction of sp³-hybridized carbons (Fsp3) is 0.750. The molecule has 0 aromatic heterocycles. The summed E-state index contributed by atoms with van der Waals surface area (Å²) in [5, 5.41) is 2.86. The minimum Gasteiger partial charge on any atom is -0.445 e. The molecule has 6 heteroatoms. The first-order valence-corrected chi connectivity index (χ1v) is 15.4. The van der Waals surface area contributed by atoms with Gasteiger partial charge in [0.2, 0.25) is 6.41 Å². The summed E-state index contributed by atoms with van der Waals surface area (Å²) in [5.74, 6) is 0. The summed E-state index contributed by atoms with van der Waals surface area (Å²) in [6.45, 7) is 4.61. The Kier molecular flexibility index (Phi) is 21.4. The Hall–Kier alpha value is -2.08. The van der Waals surface area contributed by atoms with Crippen molar-refractivity contribution in [3.8, 4) is 0 Å². The number of carbonyl (C=O) groups excluding carboxylic acids is 2. The summed E-state index contributed by atoms with van der Waals surface area (Å²) in [7, 11) is 4.04. The Bertz CT molecular complexity index is 711. The molecule has 0 saturated heterocycles. The van der Waals surface area contributed by atoms with Crippen molar-refractivity contribution in [2.75, 3.05) is 38.6 Å². The van der Waals surface area contributed by atoms with Gasteiger partial charge in [-0.05, 0) is 39.5 Å². The number of nitrogens with one attached hydrogen (secondary N) is 1. The number of ether oxygens (including phenoxy) is 1. The van der Waals surface area contributed by atoms with E-state index in [-0.39, 0.29) is 6.61 Å². The van der Waals surface area contributed by atoms with E-state index in [2.05, 4.69) is 17.1 Å². The van der Waals surface area contributed by atoms with Gasteiger partial charge in [0, 0.05) is 24.3 Å². The van der Waals surface area contributed by atoms with Gasteiger partial charge in [-0.15, -0.1) is 0 Å². The summed E-state index contributed by atoms with van der Waals surface area (Å²) in [6, 6.07) is 7.61. The predicted molar refractivity (Wildman–Crippen MR) is 161 cm³/mol. The molecule has 38 heavy (non-hydrogen) atoms. The summed E-state index contributed by atoms with van der Waals surface area (Å²) >= 11 is 0. The topological polar surface area (TPSA) is 61.9 Å². The first-order valence-electron chi connectivity index (χ1n) is 15.4. The Morgan fingerprint density at radius 1 is 0.763 bits per heavy atom. The standard InChI is InChI=1S/C32H57N3O3/c1-4-5-6-7-8-9-10-11-12-13-14-15-16-17-18-21-25-33-32(37)38-28-30-23-19-20-24-31(30)35(29-36)27-22-26-34(2)3/h19-20,23-24,29H,4-18,21-22,25-28H2,1-3H3,(H,33,37). The SMILES string of the molecule is CCCCCCCCCCCCCCCCCCNC(=O)OCc1ccccc1N(C=O)CCCN(C)C. The lowest BCUT2D eigenvalue weighted by atomic mass is 10.0. The molecule has 0 aliphatic heterocycles. The number of carbonyl (C=O) groups is 2. The van der Waals surface area contributed by atoms with Gasteiger partial charge < -0.3 is 19.9 Å². The molecule has 0 atom stereocenters.